The van der Waals surface area contributed by atoms with Crippen molar-refractivity contribution in [2.75, 3.05) is 7.11 Å². The van der Waals surface area contributed by atoms with Crippen LogP contribution in [0.1, 0.15) is 12.6 Å². The first-order chi connectivity index (χ1) is 18.4. The number of benzene rings is 4. The molecule has 0 unspecified atom stereocenters. The first-order valence-electron chi connectivity index (χ1n) is 11.9. The zero-order valence-electron chi connectivity index (χ0n) is 25.2. The second-order valence-corrected chi connectivity index (χ2v) is 13.4. The summed E-state index contributed by atoms with van der Waals surface area (Å²) in [6.45, 7) is 6.63. The maximum Gasteiger partial charge on any atom is 1.00 e. The molecule has 4 nitrogen and oxygen atoms in total. The normalized spacial score (nSPS) is 8.72. The molecule has 0 aliphatic heterocycles. The van der Waals surface area contributed by atoms with Crippen LogP contribution in [0.2, 0.25) is 19.6 Å². The van der Waals surface area contributed by atoms with E-state index in [1.165, 1.54) is 16.7 Å². The molecule has 0 saturated carbocycles. The van der Waals surface area contributed by atoms with Crippen molar-refractivity contribution in [1.29, 1.82) is 0 Å². The minimum atomic E-state index is -1.32. The maximum absolute atomic E-state index is 8.64. The van der Waals surface area contributed by atoms with E-state index in [9.17, 15) is 0 Å². The summed E-state index contributed by atoms with van der Waals surface area (Å²) in [7, 11) is -0.325. The van der Waals surface area contributed by atoms with Crippen molar-refractivity contribution in [2.24, 2.45) is 0 Å². The largest absolute Gasteiger partial charge is 1.00 e. The zero-order valence-corrected chi connectivity index (χ0v) is 31.5. The Morgan fingerprint density at radius 2 is 1.07 bits per heavy atom. The smallest absolute Gasteiger partial charge is 1.00 e. The first-order valence-corrected chi connectivity index (χ1v) is 15.4. The fourth-order valence-electron chi connectivity index (χ4n) is 3.19. The quantitative estimate of drug-likeness (QED) is 0.119. The fourth-order valence-corrected chi connectivity index (χ4v) is 3.70. The van der Waals surface area contributed by atoms with Gasteiger partial charge in [0.2, 0.25) is 0 Å². The number of carbonyl (C=O) groups excluding carboxylic acids is 1. The molecule has 0 fully saturated rings. The Morgan fingerprint density at radius 3 is 1.45 bits per heavy atom. The van der Waals surface area contributed by atoms with Crippen molar-refractivity contribution in [3.8, 4) is 46.1 Å². The molecule has 40 heavy (non-hydrogen) atoms. The Kier molecular flexibility index (Phi) is 25.1. The summed E-state index contributed by atoms with van der Waals surface area (Å²) < 4.78 is 0. The Bertz CT molecular complexity index is 1340. The van der Waals surface area contributed by atoms with Crippen LogP contribution >= 0.6 is 0 Å². The van der Waals surface area contributed by atoms with E-state index in [-0.39, 0.29) is 111 Å². The van der Waals surface area contributed by atoms with Gasteiger partial charge in [0.15, 0.2) is 0 Å². The molecule has 0 amide bonds. The van der Waals surface area contributed by atoms with Crippen molar-refractivity contribution < 1.29 is 124 Å². The molecule has 0 aliphatic rings. The molecule has 0 heterocycles. The Hall–Kier alpha value is -1.12. The molecule has 4 rings (SSSR count). The van der Waals surface area contributed by atoms with Crippen LogP contribution in [0.15, 0.2) is 109 Å². The summed E-state index contributed by atoms with van der Waals surface area (Å²) in [6, 6.07) is 37.0. The predicted molar refractivity (Wildman–Crippen MR) is 158 cm³/mol. The zero-order chi connectivity index (χ0) is 28.2. The number of hydrogen-bond acceptors (Lipinski definition) is 4. The molecule has 4 aromatic rings. The van der Waals surface area contributed by atoms with E-state index in [4.69, 9.17) is 21.6 Å². The number of aliphatic hydroxyl groups excluding tert-OH is 1. The van der Waals surface area contributed by atoms with Crippen LogP contribution in [0.3, 0.4) is 0 Å². The van der Waals surface area contributed by atoms with Gasteiger partial charge >= 0.3 is 103 Å². The number of terminal acetylenes is 1. The van der Waals surface area contributed by atoms with Crippen LogP contribution in [-0.4, -0.2) is 26.8 Å². The molecule has 0 aromatic heterocycles. The average Bonchev–Trinajstić information content (AvgIpc) is 2.98. The number of hydrogen-bond donors (Lipinski definition) is 1. The van der Waals surface area contributed by atoms with Crippen molar-refractivity contribution in [2.45, 2.75) is 19.6 Å². The third-order valence-electron chi connectivity index (χ3n) is 4.79. The minimum Gasteiger partial charge on any atom is -1.00 e. The second-order valence-electron chi connectivity index (χ2n) is 8.66. The van der Waals surface area contributed by atoms with E-state index < -0.39 is 8.07 Å². The maximum atomic E-state index is 8.64. The van der Waals surface area contributed by atoms with Crippen LogP contribution in [0, 0.1) is 23.8 Å². The van der Waals surface area contributed by atoms with Gasteiger partial charge < -0.3 is 16.7 Å². The minimum absolute atomic E-state index is 0. The van der Waals surface area contributed by atoms with Crippen LogP contribution in [0.4, 0.5) is 0 Å². The standard InChI is InChI=1S/C17H18Si.C14H10.CH2O3.CH4O.2K.H/c1-18(2,3)14-13-16-11-7-8-12-17(16)15-9-5-4-6-10-15;1-2-12-8-6-7-11-14(12)13-9-4-3-5-10-13;2-1-4-3;1-2;;;/h4-12H,1-3H3;1,3-11H;1,3H;2H,1H3;;;/q;;;;2*+1;-1/p-1. The molecular weight excluding hydrogens is 567 g/mol. The van der Waals surface area contributed by atoms with E-state index in [0.717, 1.165) is 23.8 Å². The van der Waals surface area contributed by atoms with Gasteiger partial charge in [0, 0.05) is 18.2 Å². The Balaban J connectivity index is -0.000000566. The Morgan fingerprint density at radius 1 is 0.725 bits per heavy atom. The van der Waals surface area contributed by atoms with Gasteiger partial charge in [-0.05, 0) is 34.4 Å². The predicted octanol–water partition coefficient (Wildman–Crippen LogP) is 0.0811. The number of rotatable bonds is 3. The molecule has 0 radical (unpaired) electrons. The van der Waals surface area contributed by atoms with Crippen LogP contribution in [0.5, 0.6) is 0 Å². The summed E-state index contributed by atoms with van der Waals surface area (Å²) in [5.74, 6) is 6.06. The molecule has 196 valence electrons. The summed E-state index contributed by atoms with van der Waals surface area (Å²) >= 11 is 0. The molecule has 7 heteroatoms. The number of aliphatic hydroxyl groups is 1. The van der Waals surface area contributed by atoms with Crippen molar-refractivity contribution in [3.63, 3.8) is 0 Å². The first kappa shape index (κ1) is 41.0. The van der Waals surface area contributed by atoms with Gasteiger partial charge in [-0.3, -0.25) is 4.79 Å². The van der Waals surface area contributed by atoms with Gasteiger partial charge in [-0.2, -0.15) is 0 Å². The topological polar surface area (TPSA) is 69.6 Å². The molecule has 0 saturated heterocycles. The summed E-state index contributed by atoms with van der Waals surface area (Å²) in [5, 5.41) is 15.4. The van der Waals surface area contributed by atoms with Gasteiger partial charge in [-0.25, -0.2) is 0 Å². The Labute approximate surface area is 326 Å². The van der Waals surface area contributed by atoms with Crippen LogP contribution in [-0.2, 0) is 9.68 Å². The van der Waals surface area contributed by atoms with Gasteiger partial charge in [0.25, 0.3) is 6.47 Å². The van der Waals surface area contributed by atoms with Gasteiger partial charge in [0.1, 0.15) is 8.07 Å². The van der Waals surface area contributed by atoms with Gasteiger partial charge in [0.05, 0.1) is 0 Å². The second kappa shape index (κ2) is 24.5. The molecule has 4 aromatic carbocycles. The van der Waals surface area contributed by atoms with Crippen molar-refractivity contribution in [1.82, 2.24) is 0 Å². The van der Waals surface area contributed by atoms with E-state index in [2.05, 4.69) is 103 Å². The van der Waals surface area contributed by atoms with Gasteiger partial charge in [-0.15, -0.1) is 12.0 Å². The molecule has 1 N–H and O–H groups in total. The van der Waals surface area contributed by atoms with Crippen LogP contribution in [0.25, 0.3) is 22.3 Å². The van der Waals surface area contributed by atoms with E-state index in [0.29, 0.717) is 0 Å². The monoisotopic (exact) mass is 600 g/mol. The fraction of sp³-hybridized carbons (Fsp3) is 0.121. The van der Waals surface area contributed by atoms with Gasteiger partial charge in [-0.1, -0.05) is 129 Å². The molecular formula is C33H34K2O4Si. The molecule has 0 bridgehead atoms. The molecule has 0 aliphatic carbocycles. The third kappa shape index (κ3) is 16.4. The third-order valence-corrected chi connectivity index (χ3v) is 5.67. The van der Waals surface area contributed by atoms with Crippen LogP contribution < -0.4 is 108 Å². The average molecular weight is 601 g/mol. The van der Waals surface area contributed by atoms with Crippen molar-refractivity contribution in [3.05, 3.63) is 120 Å². The van der Waals surface area contributed by atoms with Crippen molar-refractivity contribution >= 4 is 14.5 Å². The van der Waals surface area contributed by atoms with E-state index in [1.54, 1.807) is 0 Å². The van der Waals surface area contributed by atoms with E-state index >= 15 is 0 Å². The SMILES string of the molecule is C#Cc1ccccc1-c1ccccc1.CO.C[Si](C)(C)C#Cc1ccccc1-c1ccccc1.O=CO[O-].[H-].[K+].[K+]. The molecule has 0 spiro atoms. The van der Waals surface area contributed by atoms with E-state index in [1.807, 2.05) is 48.5 Å². The number of carbonyl (C=O) groups is 1. The summed E-state index contributed by atoms with van der Waals surface area (Å²) in [5.41, 5.74) is 10.3. The molecule has 0 atom stereocenters. The summed E-state index contributed by atoms with van der Waals surface area (Å²) in [6.07, 6.45) is 5.44. The summed E-state index contributed by atoms with van der Waals surface area (Å²) in [4.78, 5) is 11.2.